The summed E-state index contributed by atoms with van der Waals surface area (Å²) in [5.41, 5.74) is 3.97. The third-order valence-corrected chi connectivity index (χ3v) is 8.00. The number of thiocarbonyl (C=S) groups is 2. The number of fused-ring (bicyclic) bond motifs is 2. The fraction of sp³-hybridized carbons (Fsp3) is 0. The van der Waals surface area contributed by atoms with Gasteiger partial charge in [0.15, 0.2) is 10.0 Å². The Hall–Kier alpha value is -2.94. The van der Waals surface area contributed by atoms with Crippen molar-refractivity contribution in [2.24, 2.45) is 0 Å². The van der Waals surface area contributed by atoms with Crippen LogP contribution in [0.3, 0.4) is 0 Å². The molecule has 176 valence electrons. The van der Waals surface area contributed by atoms with Crippen LogP contribution < -0.4 is 10.6 Å². The molecule has 2 heterocycles. The molecule has 0 spiro atoms. The number of nitrogens with zero attached hydrogens (tertiary/aromatic N) is 2. The molecule has 2 N–H and O–H groups in total. The Bertz CT molecular complexity index is 1440. The molecule has 0 atom stereocenters. The molecule has 0 bridgehead atoms. The maximum atomic E-state index is 5.38. The molecular formula is C28H20N4S4Zn+2. The minimum atomic E-state index is 0. The number of para-hydroxylation sites is 4. The van der Waals surface area contributed by atoms with Crippen molar-refractivity contribution in [3.63, 3.8) is 0 Å². The zero-order valence-corrected chi connectivity index (χ0v) is 25.9. The van der Waals surface area contributed by atoms with Crippen LogP contribution in [0.25, 0.3) is 20.4 Å². The van der Waals surface area contributed by atoms with Crippen molar-refractivity contribution in [1.29, 1.82) is 0 Å². The molecular weight excluding hydrogens is 586 g/mol. The molecule has 0 fully saturated rings. The van der Waals surface area contributed by atoms with Crippen molar-refractivity contribution < 1.29 is 19.5 Å². The maximum absolute atomic E-state index is 5.38. The van der Waals surface area contributed by atoms with E-state index in [1.165, 1.54) is 0 Å². The van der Waals surface area contributed by atoms with Crippen molar-refractivity contribution in [3.8, 4) is 0 Å². The minimum absolute atomic E-state index is 0. The second-order valence-electron chi connectivity index (χ2n) is 7.61. The normalized spacial score (nSPS) is 10.2. The van der Waals surface area contributed by atoms with Gasteiger partial charge in [-0.25, -0.2) is 9.97 Å². The molecule has 0 aliphatic heterocycles. The van der Waals surface area contributed by atoms with Gasteiger partial charge in [-0.1, -0.05) is 85.1 Å². The molecule has 9 heteroatoms. The van der Waals surface area contributed by atoms with Crippen LogP contribution in [-0.2, 0) is 19.5 Å². The van der Waals surface area contributed by atoms with Gasteiger partial charge in [0.1, 0.15) is 9.98 Å². The predicted octanol–water partition coefficient (Wildman–Crippen LogP) is 8.17. The van der Waals surface area contributed by atoms with Crippen LogP contribution in [0.2, 0.25) is 0 Å². The molecule has 0 unspecified atom stereocenters. The largest absolute Gasteiger partial charge is 2.00 e. The molecule has 0 saturated carbocycles. The van der Waals surface area contributed by atoms with Crippen molar-refractivity contribution in [1.82, 2.24) is 9.97 Å². The Morgan fingerprint density at radius 1 is 0.514 bits per heavy atom. The predicted molar refractivity (Wildman–Crippen MR) is 163 cm³/mol. The molecule has 4 aromatic carbocycles. The molecule has 0 aliphatic rings. The SMILES string of the molecule is S=C(Nc1ccccc1)c1nc2ccccc2s1.S=C(Nc1ccccc1)c1nc2ccccc2s1.[Zn+2]. The summed E-state index contributed by atoms with van der Waals surface area (Å²) in [6.07, 6.45) is 0. The van der Waals surface area contributed by atoms with E-state index < -0.39 is 0 Å². The Labute approximate surface area is 246 Å². The maximum Gasteiger partial charge on any atom is 2.00 e. The second-order valence-corrected chi connectivity index (χ2v) is 10.5. The van der Waals surface area contributed by atoms with Crippen LogP contribution in [0.5, 0.6) is 0 Å². The number of hydrogen-bond donors (Lipinski definition) is 2. The van der Waals surface area contributed by atoms with E-state index in [1.807, 2.05) is 97.1 Å². The molecule has 2 aromatic heterocycles. The van der Waals surface area contributed by atoms with Crippen LogP contribution in [0.4, 0.5) is 11.4 Å². The Balaban J connectivity index is 0.000000168. The first-order valence-corrected chi connectivity index (χ1v) is 13.5. The van der Waals surface area contributed by atoms with Gasteiger partial charge >= 0.3 is 19.5 Å². The van der Waals surface area contributed by atoms with Gasteiger partial charge in [-0.3, -0.25) is 0 Å². The van der Waals surface area contributed by atoms with E-state index in [9.17, 15) is 0 Å². The average Bonchev–Trinajstić information content (AvgIpc) is 3.55. The summed E-state index contributed by atoms with van der Waals surface area (Å²) in [5, 5.41) is 8.11. The summed E-state index contributed by atoms with van der Waals surface area (Å²) in [4.78, 5) is 10.4. The van der Waals surface area contributed by atoms with Gasteiger partial charge in [-0.2, -0.15) is 0 Å². The van der Waals surface area contributed by atoms with Gasteiger partial charge in [-0.05, 0) is 48.5 Å². The summed E-state index contributed by atoms with van der Waals surface area (Å²) < 4.78 is 2.31. The van der Waals surface area contributed by atoms with Crippen molar-refractivity contribution >= 4 is 88.9 Å². The number of benzene rings is 4. The van der Waals surface area contributed by atoms with Crippen molar-refractivity contribution in [3.05, 3.63) is 119 Å². The first-order chi connectivity index (χ1) is 17.7. The summed E-state index contributed by atoms with van der Waals surface area (Å²) >= 11 is 14.0. The number of nitrogens with one attached hydrogen (secondary N) is 2. The number of thiazole rings is 2. The first kappa shape index (κ1) is 27.1. The summed E-state index contributed by atoms with van der Waals surface area (Å²) in [6.45, 7) is 0. The number of hydrogen-bond acceptors (Lipinski definition) is 6. The molecule has 0 amide bonds. The van der Waals surface area contributed by atoms with E-state index >= 15 is 0 Å². The van der Waals surface area contributed by atoms with Crippen LogP contribution in [-0.4, -0.2) is 19.9 Å². The van der Waals surface area contributed by atoms with Gasteiger partial charge in [0.25, 0.3) is 0 Å². The first-order valence-electron chi connectivity index (χ1n) is 11.1. The average molecular weight is 606 g/mol. The van der Waals surface area contributed by atoms with E-state index in [2.05, 4.69) is 32.7 Å². The Morgan fingerprint density at radius 2 is 0.865 bits per heavy atom. The molecule has 37 heavy (non-hydrogen) atoms. The topological polar surface area (TPSA) is 49.8 Å². The second kappa shape index (κ2) is 13.0. The zero-order chi connectivity index (χ0) is 24.7. The van der Waals surface area contributed by atoms with Crippen LogP contribution in [0, 0.1) is 0 Å². The van der Waals surface area contributed by atoms with Crippen LogP contribution in [0.15, 0.2) is 109 Å². The smallest absolute Gasteiger partial charge is 0.344 e. The molecule has 0 radical (unpaired) electrons. The summed E-state index contributed by atoms with van der Waals surface area (Å²) in [7, 11) is 0. The molecule has 4 nitrogen and oxygen atoms in total. The van der Waals surface area contributed by atoms with E-state index in [0.717, 1.165) is 41.8 Å². The molecule has 0 aliphatic carbocycles. The standard InChI is InChI=1S/2C14H10N2S2.Zn/c2*17-13(15-10-6-2-1-3-7-10)14-16-11-8-4-5-9-12(11)18-14;/h2*1-9H,(H,15,17);/q;;+2. The van der Waals surface area contributed by atoms with E-state index in [1.54, 1.807) is 22.7 Å². The zero-order valence-electron chi connectivity index (χ0n) is 19.6. The molecule has 0 saturated heterocycles. The van der Waals surface area contributed by atoms with Crippen LogP contribution in [0.1, 0.15) is 10.0 Å². The van der Waals surface area contributed by atoms with E-state index in [4.69, 9.17) is 24.4 Å². The summed E-state index contributed by atoms with van der Waals surface area (Å²) in [6, 6.07) is 35.9. The van der Waals surface area contributed by atoms with Gasteiger partial charge in [0, 0.05) is 11.4 Å². The van der Waals surface area contributed by atoms with Crippen molar-refractivity contribution in [2.45, 2.75) is 0 Å². The Kier molecular flexibility index (Phi) is 9.55. The fourth-order valence-corrected chi connectivity index (χ4v) is 5.65. The monoisotopic (exact) mass is 604 g/mol. The van der Waals surface area contributed by atoms with Gasteiger partial charge in [-0.15, -0.1) is 22.7 Å². The number of anilines is 2. The van der Waals surface area contributed by atoms with Crippen molar-refractivity contribution in [2.75, 3.05) is 10.6 Å². The molecule has 6 aromatic rings. The third-order valence-electron chi connectivity index (χ3n) is 5.04. The Morgan fingerprint density at radius 3 is 1.24 bits per heavy atom. The van der Waals surface area contributed by atoms with E-state index in [0.29, 0.717) is 9.98 Å². The number of aromatic nitrogens is 2. The van der Waals surface area contributed by atoms with Gasteiger partial charge in [0.2, 0.25) is 0 Å². The van der Waals surface area contributed by atoms with Gasteiger partial charge in [0.05, 0.1) is 20.4 Å². The number of rotatable bonds is 4. The minimum Gasteiger partial charge on any atom is -0.344 e. The quantitative estimate of drug-likeness (QED) is 0.156. The fourth-order valence-electron chi connectivity index (χ4n) is 3.35. The molecule has 6 rings (SSSR count). The van der Waals surface area contributed by atoms with Gasteiger partial charge < -0.3 is 10.6 Å². The van der Waals surface area contributed by atoms with E-state index in [-0.39, 0.29) is 19.5 Å². The summed E-state index contributed by atoms with van der Waals surface area (Å²) in [5.74, 6) is 0. The van der Waals surface area contributed by atoms with Crippen LogP contribution >= 0.6 is 47.1 Å². The third kappa shape index (κ3) is 7.09.